The number of anilines is 1. The number of rotatable bonds is 7. The first kappa shape index (κ1) is 19.5. The molecule has 0 saturated carbocycles. The predicted molar refractivity (Wildman–Crippen MR) is 95.0 cm³/mol. The summed E-state index contributed by atoms with van der Waals surface area (Å²) in [7, 11) is 0. The zero-order valence-corrected chi connectivity index (χ0v) is 14.8. The number of benzene rings is 1. The number of aromatic nitrogens is 1. The lowest BCUT2D eigenvalue weighted by Crippen LogP contribution is -2.33. The third kappa shape index (κ3) is 4.84. The molecule has 0 aliphatic carbocycles. The van der Waals surface area contributed by atoms with Gasteiger partial charge in [0.05, 0.1) is 0 Å². The lowest BCUT2D eigenvalue weighted by molar-refractivity contribution is 0.0749. The van der Waals surface area contributed by atoms with Gasteiger partial charge in [-0.3, -0.25) is 14.6 Å². The van der Waals surface area contributed by atoms with Crippen molar-refractivity contribution in [2.24, 2.45) is 0 Å². The molecule has 0 aliphatic rings. The Morgan fingerprint density at radius 3 is 2.35 bits per heavy atom. The van der Waals surface area contributed by atoms with Crippen LogP contribution in [0.25, 0.3) is 0 Å². The summed E-state index contributed by atoms with van der Waals surface area (Å²) in [5, 5.41) is 2.47. The van der Waals surface area contributed by atoms with E-state index in [1.54, 1.807) is 4.90 Å². The van der Waals surface area contributed by atoms with Crippen LogP contribution in [0.5, 0.6) is 0 Å². The molecule has 138 valence electrons. The Morgan fingerprint density at radius 1 is 1.04 bits per heavy atom. The Labute approximate surface area is 151 Å². The normalized spacial score (nSPS) is 10.5. The highest BCUT2D eigenvalue weighted by molar-refractivity contribution is 6.05. The standard InChI is InChI=1S/C19H21F2N3O2/c1-3-9-24(10-4-2)19(26)17-11-13(7-8-22-17)18(25)23-14-5-6-15(20)16(21)12-14/h5-8,11-12H,3-4,9-10H2,1-2H3,(H,23,25). The van der Waals surface area contributed by atoms with Crippen LogP contribution < -0.4 is 5.32 Å². The zero-order valence-electron chi connectivity index (χ0n) is 14.8. The summed E-state index contributed by atoms with van der Waals surface area (Å²) in [5.41, 5.74) is 0.503. The average molecular weight is 361 g/mol. The summed E-state index contributed by atoms with van der Waals surface area (Å²) < 4.78 is 26.2. The van der Waals surface area contributed by atoms with E-state index in [0.29, 0.717) is 13.1 Å². The summed E-state index contributed by atoms with van der Waals surface area (Å²) in [5.74, 6) is -2.82. The lowest BCUT2D eigenvalue weighted by Gasteiger charge is -2.21. The van der Waals surface area contributed by atoms with E-state index in [1.165, 1.54) is 24.4 Å². The number of carbonyl (C=O) groups is 2. The van der Waals surface area contributed by atoms with Crippen molar-refractivity contribution in [3.63, 3.8) is 0 Å². The molecule has 0 unspecified atom stereocenters. The molecule has 1 N–H and O–H groups in total. The number of nitrogens with zero attached hydrogens (tertiary/aromatic N) is 2. The van der Waals surface area contributed by atoms with E-state index in [4.69, 9.17) is 0 Å². The van der Waals surface area contributed by atoms with Gasteiger partial charge >= 0.3 is 0 Å². The SMILES string of the molecule is CCCN(CCC)C(=O)c1cc(C(=O)Nc2ccc(F)c(F)c2)ccn1. The van der Waals surface area contributed by atoms with Crippen LogP contribution >= 0.6 is 0 Å². The molecule has 0 aliphatic heterocycles. The minimum Gasteiger partial charge on any atom is -0.337 e. The fourth-order valence-electron chi connectivity index (χ4n) is 2.48. The van der Waals surface area contributed by atoms with Gasteiger partial charge in [-0.15, -0.1) is 0 Å². The molecule has 2 rings (SSSR count). The van der Waals surface area contributed by atoms with Crippen molar-refractivity contribution >= 4 is 17.5 Å². The first-order chi connectivity index (χ1) is 12.5. The van der Waals surface area contributed by atoms with Crippen LogP contribution in [0.2, 0.25) is 0 Å². The molecular weight excluding hydrogens is 340 g/mol. The monoisotopic (exact) mass is 361 g/mol. The van der Waals surface area contributed by atoms with Crippen LogP contribution in [-0.4, -0.2) is 34.8 Å². The molecule has 2 amide bonds. The van der Waals surface area contributed by atoms with Crippen molar-refractivity contribution in [1.29, 1.82) is 0 Å². The van der Waals surface area contributed by atoms with Crippen molar-refractivity contribution in [1.82, 2.24) is 9.88 Å². The number of nitrogens with one attached hydrogen (secondary N) is 1. The van der Waals surface area contributed by atoms with Gasteiger partial charge < -0.3 is 10.2 Å². The molecule has 2 aromatic rings. The molecular formula is C19H21F2N3O2. The Morgan fingerprint density at radius 2 is 1.73 bits per heavy atom. The van der Waals surface area contributed by atoms with Gasteiger partial charge in [0.15, 0.2) is 11.6 Å². The number of hydrogen-bond donors (Lipinski definition) is 1. The number of amides is 2. The highest BCUT2D eigenvalue weighted by Crippen LogP contribution is 2.15. The minimum absolute atomic E-state index is 0.122. The van der Waals surface area contributed by atoms with Gasteiger partial charge in [0, 0.05) is 36.6 Å². The molecule has 0 atom stereocenters. The van der Waals surface area contributed by atoms with Crippen LogP contribution in [0.3, 0.4) is 0 Å². The van der Waals surface area contributed by atoms with Gasteiger partial charge in [0.1, 0.15) is 5.69 Å². The summed E-state index contributed by atoms with van der Waals surface area (Å²) in [6.07, 6.45) is 3.02. The van der Waals surface area contributed by atoms with Crippen molar-refractivity contribution in [2.75, 3.05) is 18.4 Å². The third-order valence-corrected chi connectivity index (χ3v) is 3.69. The predicted octanol–water partition coefficient (Wildman–Crippen LogP) is 3.87. The number of pyridine rings is 1. The van der Waals surface area contributed by atoms with Gasteiger partial charge in [0.2, 0.25) is 0 Å². The molecule has 1 heterocycles. The van der Waals surface area contributed by atoms with Crippen LogP contribution in [-0.2, 0) is 0 Å². The second-order valence-electron chi connectivity index (χ2n) is 5.80. The number of carbonyl (C=O) groups excluding carboxylic acids is 2. The molecule has 0 fully saturated rings. The van der Waals surface area contributed by atoms with Gasteiger partial charge in [-0.2, -0.15) is 0 Å². The van der Waals surface area contributed by atoms with E-state index in [0.717, 1.165) is 25.0 Å². The van der Waals surface area contributed by atoms with E-state index in [1.807, 2.05) is 13.8 Å². The minimum atomic E-state index is -1.05. The molecule has 7 heteroatoms. The van der Waals surface area contributed by atoms with Crippen LogP contribution in [0, 0.1) is 11.6 Å². The maximum absolute atomic E-state index is 13.2. The second-order valence-corrected chi connectivity index (χ2v) is 5.80. The molecule has 0 saturated heterocycles. The molecule has 1 aromatic heterocycles. The number of halogens is 2. The van der Waals surface area contributed by atoms with E-state index in [-0.39, 0.29) is 22.9 Å². The molecule has 0 radical (unpaired) electrons. The van der Waals surface area contributed by atoms with E-state index >= 15 is 0 Å². The Balaban J connectivity index is 2.17. The second kappa shape index (κ2) is 9.03. The number of hydrogen-bond acceptors (Lipinski definition) is 3. The van der Waals surface area contributed by atoms with E-state index < -0.39 is 17.5 Å². The third-order valence-electron chi connectivity index (χ3n) is 3.69. The Hall–Kier alpha value is -2.83. The quantitative estimate of drug-likeness (QED) is 0.814. The highest BCUT2D eigenvalue weighted by atomic mass is 19.2. The average Bonchev–Trinajstić information content (AvgIpc) is 2.64. The molecule has 1 aromatic carbocycles. The van der Waals surface area contributed by atoms with Gasteiger partial charge in [0.25, 0.3) is 11.8 Å². The zero-order chi connectivity index (χ0) is 19.1. The topological polar surface area (TPSA) is 62.3 Å². The van der Waals surface area contributed by atoms with Crippen molar-refractivity contribution in [2.45, 2.75) is 26.7 Å². The largest absolute Gasteiger partial charge is 0.337 e. The highest BCUT2D eigenvalue weighted by Gasteiger charge is 2.17. The maximum Gasteiger partial charge on any atom is 0.272 e. The smallest absolute Gasteiger partial charge is 0.272 e. The van der Waals surface area contributed by atoms with Crippen LogP contribution in [0.1, 0.15) is 47.5 Å². The van der Waals surface area contributed by atoms with Gasteiger partial charge in [-0.05, 0) is 37.1 Å². The molecule has 26 heavy (non-hydrogen) atoms. The van der Waals surface area contributed by atoms with Crippen molar-refractivity contribution < 1.29 is 18.4 Å². The first-order valence-corrected chi connectivity index (χ1v) is 8.48. The van der Waals surface area contributed by atoms with Gasteiger partial charge in [-0.1, -0.05) is 13.8 Å². The summed E-state index contributed by atoms with van der Waals surface area (Å²) in [6, 6.07) is 5.93. The first-order valence-electron chi connectivity index (χ1n) is 8.48. The summed E-state index contributed by atoms with van der Waals surface area (Å²) in [4.78, 5) is 30.7. The van der Waals surface area contributed by atoms with E-state index in [9.17, 15) is 18.4 Å². The summed E-state index contributed by atoms with van der Waals surface area (Å²) in [6.45, 7) is 5.18. The Bertz CT molecular complexity index is 790. The van der Waals surface area contributed by atoms with Crippen molar-refractivity contribution in [3.8, 4) is 0 Å². The lowest BCUT2D eigenvalue weighted by atomic mass is 10.2. The van der Waals surface area contributed by atoms with E-state index in [2.05, 4.69) is 10.3 Å². The van der Waals surface area contributed by atoms with Crippen LogP contribution in [0.15, 0.2) is 36.5 Å². The fourth-order valence-corrected chi connectivity index (χ4v) is 2.48. The summed E-state index contributed by atoms with van der Waals surface area (Å²) >= 11 is 0. The maximum atomic E-state index is 13.2. The fraction of sp³-hybridized carbons (Fsp3) is 0.316. The van der Waals surface area contributed by atoms with Gasteiger partial charge in [-0.25, -0.2) is 8.78 Å². The molecule has 0 bridgehead atoms. The van der Waals surface area contributed by atoms with Crippen LogP contribution in [0.4, 0.5) is 14.5 Å². The Kier molecular flexibility index (Phi) is 6.77. The molecule has 0 spiro atoms. The van der Waals surface area contributed by atoms with Crippen molar-refractivity contribution in [3.05, 3.63) is 59.4 Å². The molecule has 5 nitrogen and oxygen atoms in total.